The van der Waals surface area contributed by atoms with Crippen LogP contribution in [0.3, 0.4) is 0 Å². The Bertz CT molecular complexity index is 1230. The smallest absolute Gasteiger partial charge is 0.0652 e. The van der Waals surface area contributed by atoms with Crippen molar-refractivity contribution in [3.05, 3.63) is 95.1 Å². The number of rotatable bonds is 8. The molecule has 2 aromatic carbocycles. The van der Waals surface area contributed by atoms with Crippen LogP contribution in [0.1, 0.15) is 62.8 Å². The zero-order chi connectivity index (χ0) is 24.8. The Hall–Kier alpha value is -3.00. The highest BCUT2D eigenvalue weighted by Crippen LogP contribution is 2.58. The third-order valence-corrected chi connectivity index (χ3v) is 8.81. The molecule has 0 atom stereocenters. The minimum atomic E-state index is -0.115. The minimum Gasteiger partial charge on any atom is -0.373 e. The number of anilines is 2. The molecule has 3 aliphatic carbocycles. The maximum absolute atomic E-state index is 2.51. The third kappa shape index (κ3) is 3.37. The van der Waals surface area contributed by atoms with Crippen molar-refractivity contribution in [2.24, 2.45) is 0 Å². The summed E-state index contributed by atoms with van der Waals surface area (Å²) in [6, 6.07) is 9.12. The molecule has 35 heavy (non-hydrogen) atoms. The van der Waals surface area contributed by atoms with E-state index in [4.69, 9.17) is 0 Å². The predicted octanol–water partition coefficient (Wildman–Crippen LogP) is 7.72. The van der Waals surface area contributed by atoms with Gasteiger partial charge in [-0.1, -0.05) is 86.7 Å². The van der Waals surface area contributed by atoms with Gasteiger partial charge in [-0.2, -0.15) is 0 Å². The quantitative estimate of drug-likeness (QED) is 0.337. The summed E-state index contributed by atoms with van der Waals surface area (Å²) in [7, 11) is 4.56. The first kappa shape index (κ1) is 23.7. The summed E-state index contributed by atoms with van der Waals surface area (Å²) < 4.78 is 0. The molecule has 5 rings (SSSR count). The predicted molar refractivity (Wildman–Crippen MR) is 153 cm³/mol. The van der Waals surface area contributed by atoms with Gasteiger partial charge in [-0.15, -0.1) is 0 Å². The molecule has 0 amide bonds. The van der Waals surface area contributed by atoms with Crippen molar-refractivity contribution in [2.45, 2.75) is 57.8 Å². The van der Waals surface area contributed by atoms with E-state index in [1.807, 2.05) is 0 Å². The van der Waals surface area contributed by atoms with E-state index < -0.39 is 0 Å². The summed E-state index contributed by atoms with van der Waals surface area (Å²) in [6.45, 7) is 11.2. The van der Waals surface area contributed by atoms with E-state index in [1.165, 1.54) is 44.8 Å². The van der Waals surface area contributed by atoms with E-state index in [9.17, 15) is 0 Å². The van der Waals surface area contributed by atoms with E-state index in [0.29, 0.717) is 0 Å². The molecular formula is C33H40N2. The van der Waals surface area contributed by atoms with Crippen LogP contribution in [0.25, 0.3) is 11.1 Å². The first-order chi connectivity index (χ1) is 17.0. The van der Waals surface area contributed by atoms with Gasteiger partial charge in [0.05, 0.1) is 11.4 Å². The summed E-state index contributed by atoms with van der Waals surface area (Å²) in [6.07, 6.45) is 21.9. The Kier molecular flexibility index (Phi) is 6.03. The normalized spacial score (nSPS) is 17.8. The van der Waals surface area contributed by atoms with Crippen molar-refractivity contribution in [3.63, 3.8) is 0 Å². The second-order valence-electron chi connectivity index (χ2n) is 10.4. The summed E-state index contributed by atoms with van der Waals surface area (Å²) in [4.78, 5) is 5.00. The highest BCUT2D eigenvalue weighted by atomic mass is 15.2. The van der Waals surface area contributed by atoms with Crippen LogP contribution in [-0.4, -0.2) is 27.2 Å². The molecule has 2 nitrogen and oxygen atoms in total. The number of hydrogen-bond donors (Lipinski definition) is 0. The number of allylic oxidation sites excluding steroid dienone is 8. The summed E-state index contributed by atoms with van der Waals surface area (Å²) in [5.41, 5.74) is 11.5. The van der Waals surface area contributed by atoms with E-state index >= 15 is 0 Å². The molecule has 0 N–H and O–H groups in total. The highest BCUT2D eigenvalue weighted by molar-refractivity contribution is 5.96. The van der Waals surface area contributed by atoms with E-state index in [-0.39, 0.29) is 10.8 Å². The van der Waals surface area contributed by atoms with Gasteiger partial charge in [0.25, 0.3) is 0 Å². The van der Waals surface area contributed by atoms with Crippen molar-refractivity contribution in [2.75, 3.05) is 37.0 Å². The fourth-order valence-electron chi connectivity index (χ4n) is 6.55. The van der Waals surface area contributed by atoms with Crippen molar-refractivity contribution >= 4 is 11.4 Å². The van der Waals surface area contributed by atoms with E-state index in [0.717, 1.165) is 32.4 Å². The summed E-state index contributed by atoms with van der Waals surface area (Å²) in [5.74, 6) is 0. The second-order valence-corrected chi connectivity index (χ2v) is 10.4. The van der Waals surface area contributed by atoms with Crippen LogP contribution in [0.4, 0.5) is 11.4 Å². The van der Waals surface area contributed by atoms with Crippen molar-refractivity contribution in [1.29, 1.82) is 0 Å². The first-order valence-electron chi connectivity index (χ1n) is 13.4. The molecule has 2 heteroatoms. The van der Waals surface area contributed by atoms with Gasteiger partial charge >= 0.3 is 0 Å². The molecular weight excluding hydrogens is 424 g/mol. The molecule has 0 saturated carbocycles. The lowest BCUT2D eigenvalue weighted by Crippen LogP contribution is -2.34. The number of nitrogens with zero attached hydrogens (tertiary/aromatic N) is 2. The van der Waals surface area contributed by atoms with Gasteiger partial charge in [-0.05, 0) is 60.1 Å². The lowest BCUT2D eigenvalue weighted by molar-refractivity contribution is 0.593. The Morgan fingerprint density at radius 2 is 1.20 bits per heavy atom. The molecule has 182 valence electrons. The SMILES string of the molecule is CCN(C)c1c2c(c(C3(CC)C=CC=C3)c(C3(CC)C=CC=C3)c1N(C)CC)-c1ccccc1C2. The molecule has 0 spiro atoms. The van der Waals surface area contributed by atoms with Crippen LogP contribution < -0.4 is 9.80 Å². The number of fused-ring (bicyclic) bond motifs is 3. The van der Waals surface area contributed by atoms with Crippen LogP contribution in [-0.2, 0) is 17.3 Å². The van der Waals surface area contributed by atoms with E-state index in [2.05, 4.69) is 124 Å². The maximum atomic E-state index is 2.51. The molecule has 0 aromatic heterocycles. The fraction of sp³-hybridized carbons (Fsp3) is 0.394. The number of benzene rings is 2. The van der Waals surface area contributed by atoms with Gasteiger partial charge in [0, 0.05) is 44.4 Å². The lowest BCUT2D eigenvalue weighted by atomic mass is 9.65. The average molecular weight is 465 g/mol. The Labute approximate surface area is 212 Å². The zero-order valence-corrected chi connectivity index (χ0v) is 22.4. The van der Waals surface area contributed by atoms with Gasteiger partial charge in [0.15, 0.2) is 0 Å². The minimum absolute atomic E-state index is 0.101. The number of hydrogen-bond acceptors (Lipinski definition) is 2. The first-order valence-corrected chi connectivity index (χ1v) is 13.4. The van der Waals surface area contributed by atoms with Crippen LogP contribution >= 0.6 is 0 Å². The van der Waals surface area contributed by atoms with Crippen molar-refractivity contribution < 1.29 is 0 Å². The van der Waals surface area contributed by atoms with E-state index in [1.54, 1.807) is 0 Å². The van der Waals surface area contributed by atoms with Gasteiger partial charge in [-0.3, -0.25) is 0 Å². The van der Waals surface area contributed by atoms with Crippen LogP contribution in [0.5, 0.6) is 0 Å². The molecule has 0 heterocycles. The van der Waals surface area contributed by atoms with Crippen molar-refractivity contribution in [1.82, 2.24) is 0 Å². The van der Waals surface area contributed by atoms with Crippen molar-refractivity contribution in [3.8, 4) is 11.1 Å². The standard InChI is InChI=1S/C33H40N2/c1-7-32(19-13-14-20-32)28-27-25-18-12-11-17-24(25)23-26(27)30(34(5)9-3)31(35(6)10-4)29(28)33(8-2)21-15-16-22-33/h11-22H,7-10,23H2,1-6H3. The summed E-state index contributed by atoms with van der Waals surface area (Å²) >= 11 is 0. The average Bonchev–Trinajstić information content (AvgIpc) is 3.65. The molecule has 0 unspecified atom stereocenters. The molecule has 2 aromatic rings. The molecule has 0 fully saturated rings. The zero-order valence-electron chi connectivity index (χ0n) is 22.4. The molecule has 0 aliphatic heterocycles. The van der Waals surface area contributed by atoms with Crippen LogP contribution in [0, 0.1) is 0 Å². The molecule has 0 bridgehead atoms. The second kappa shape index (κ2) is 8.90. The highest BCUT2D eigenvalue weighted by Gasteiger charge is 2.44. The lowest BCUT2D eigenvalue weighted by Gasteiger charge is -2.42. The van der Waals surface area contributed by atoms with Crippen LogP contribution in [0.15, 0.2) is 72.9 Å². The maximum Gasteiger partial charge on any atom is 0.0652 e. The Morgan fingerprint density at radius 1 is 0.686 bits per heavy atom. The van der Waals surface area contributed by atoms with Gasteiger partial charge in [0.2, 0.25) is 0 Å². The Balaban J connectivity index is 2.05. The third-order valence-electron chi connectivity index (χ3n) is 8.81. The summed E-state index contributed by atoms with van der Waals surface area (Å²) in [5, 5.41) is 0. The largest absolute Gasteiger partial charge is 0.373 e. The monoisotopic (exact) mass is 464 g/mol. The molecule has 0 radical (unpaired) electrons. The molecule has 3 aliphatic rings. The fourth-order valence-corrected chi connectivity index (χ4v) is 6.55. The van der Waals surface area contributed by atoms with Gasteiger partial charge < -0.3 is 9.80 Å². The van der Waals surface area contributed by atoms with Gasteiger partial charge in [0.1, 0.15) is 0 Å². The topological polar surface area (TPSA) is 6.48 Å². The van der Waals surface area contributed by atoms with Crippen LogP contribution in [0.2, 0.25) is 0 Å². The van der Waals surface area contributed by atoms with Gasteiger partial charge in [-0.25, -0.2) is 0 Å². The molecule has 0 saturated heterocycles. The Morgan fingerprint density at radius 3 is 1.74 bits per heavy atom.